The van der Waals surface area contributed by atoms with E-state index in [1.165, 1.54) is 0 Å². The number of hydrogen-bond donors (Lipinski definition) is 0. The Morgan fingerprint density at radius 3 is 2.19 bits per heavy atom. The Bertz CT molecular complexity index is 706. The van der Waals surface area contributed by atoms with Crippen molar-refractivity contribution in [3.8, 4) is 0 Å². The van der Waals surface area contributed by atoms with Crippen molar-refractivity contribution < 1.29 is 4.79 Å². The molecule has 1 heterocycles. The second kappa shape index (κ2) is 6.16. The van der Waals surface area contributed by atoms with Crippen molar-refractivity contribution in [2.45, 2.75) is 26.7 Å². The van der Waals surface area contributed by atoms with Crippen molar-refractivity contribution in [3.63, 3.8) is 0 Å². The predicted molar refractivity (Wildman–Crippen MR) is 84.6 cm³/mol. The molecule has 0 aliphatic carbocycles. The molecule has 114 valence electrons. The molecule has 0 atom stereocenters. The highest BCUT2D eigenvalue weighted by Crippen LogP contribution is 2.16. The first-order valence-electron chi connectivity index (χ1n) is 7.46. The molecule has 0 saturated carbocycles. The zero-order valence-electron chi connectivity index (χ0n) is 13.2. The van der Waals surface area contributed by atoms with Crippen molar-refractivity contribution >= 4 is 16.9 Å². The van der Waals surface area contributed by atoms with E-state index in [-0.39, 0.29) is 11.6 Å². The summed E-state index contributed by atoms with van der Waals surface area (Å²) in [5.41, 5.74) is 2.21. The Hall–Kier alpha value is -2.04. The maximum Gasteiger partial charge on any atom is 0.328 e. The Kier molecular flexibility index (Phi) is 4.50. The van der Waals surface area contributed by atoms with Gasteiger partial charge in [-0.1, -0.05) is 13.8 Å². The van der Waals surface area contributed by atoms with Gasteiger partial charge in [-0.25, -0.2) is 4.79 Å². The molecular formula is C16H23N3O2. The third kappa shape index (κ3) is 2.73. The van der Waals surface area contributed by atoms with E-state index >= 15 is 0 Å². The molecule has 1 aromatic carbocycles. The first-order valence-corrected chi connectivity index (χ1v) is 7.46. The van der Waals surface area contributed by atoms with E-state index in [9.17, 15) is 9.59 Å². The van der Waals surface area contributed by atoms with Crippen LogP contribution in [0.15, 0.2) is 23.0 Å². The van der Waals surface area contributed by atoms with Crippen LogP contribution in [0.5, 0.6) is 0 Å². The van der Waals surface area contributed by atoms with Gasteiger partial charge in [0.05, 0.1) is 11.0 Å². The standard InChI is InChI=1S/C16H23N3O2/c1-5-9-19(10-6-2)15(20)12-7-8-13-14(11-12)18(4)16(21)17(13)3/h7-8,11H,5-6,9-10H2,1-4H3. The minimum absolute atomic E-state index is 0.0388. The highest BCUT2D eigenvalue weighted by atomic mass is 16.2. The summed E-state index contributed by atoms with van der Waals surface area (Å²) in [5, 5.41) is 0. The van der Waals surface area contributed by atoms with E-state index in [1.807, 2.05) is 23.1 Å². The van der Waals surface area contributed by atoms with Gasteiger partial charge in [0.25, 0.3) is 5.91 Å². The number of benzene rings is 1. The minimum atomic E-state index is -0.0754. The van der Waals surface area contributed by atoms with Gasteiger partial charge in [-0.3, -0.25) is 13.9 Å². The molecule has 0 bridgehead atoms. The Labute approximate surface area is 124 Å². The molecule has 0 saturated heterocycles. The summed E-state index contributed by atoms with van der Waals surface area (Å²) in [5.74, 6) is 0.0388. The van der Waals surface area contributed by atoms with E-state index < -0.39 is 0 Å². The van der Waals surface area contributed by atoms with Crippen molar-refractivity contribution in [2.24, 2.45) is 14.1 Å². The molecule has 0 fully saturated rings. The second-order valence-corrected chi connectivity index (χ2v) is 5.40. The van der Waals surface area contributed by atoms with Crippen LogP contribution in [0.4, 0.5) is 0 Å². The smallest absolute Gasteiger partial charge is 0.328 e. The summed E-state index contributed by atoms with van der Waals surface area (Å²) in [6.45, 7) is 5.66. The fourth-order valence-electron chi connectivity index (χ4n) is 2.68. The van der Waals surface area contributed by atoms with E-state index in [2.05, 4.69) is 13.8 Å². The van der Waals surface area contributed by atoms with Crippen LogP contribution in [-0.2, 0) is 14.1 Å². The van der Waals surface area contributed by atoms with E-state index in [0.717, 1.165) is 37.0 Å². The quantitative estimate of drug-likeness (QED) is 0.846. The van der Waals surface area contributed by atoms with Gasteiger partial charge in [-0.05, 0) is 31.0 Å². The number of fused-ring (bicyclic) bond motifs is 1. The Morgan fingerprint density at radius 2 is 1.62 bits per heavy atom. The van der Waals surface area contributed by atoms with Gasteiger partial charge in [0, 0.05) is 32.7 Å². The number of carbonyl (C=O) groups excluding carboxylic acids is 1. The number of nitrogens with zero attached hydrogens (tertiary/aromatic N) is 3. The lowest BCUT2D eigenvalue weighted by atomic mass is 10.1. The van der Waals surface area contributed by atoms with Crippen LogP contribution < -0.4 is 5.69 Å². The molecule has 0 N–H and O–H groups in total. The normalized spacial score (nSPS) is 11.0. The van der Waals surface area contributed by atoms with Gasteiger partial charge in [0.15, 0.2) is 0 Å². The molecule has 5 heteroatoms. The number of aromatic nitrogens is 2. The van der Waals surface area contributed by atoms with Crippen molar-refractivity contribution in [1.82, 2.24) is 14.0 Å². The zero-order chi connectivity index (χ0) is 15.6. The van der Waals surface area contributed by atoms with Crippen molar-refractivity contribution in [3.05, 3.63) is 34.2 Å². The van der Waals surface area contributed by atoms with Gasteiger partial charge in [0.1, 0.15) is 0 Å². The number of carbonyl (C=O) groups is 1. The Morgan fingerprint density at radius 1 is 1.05 bits per heavy atom. The van der Waals surface area contributed by atoms with Gasteiger partial charge in [-0.15, -0.1) is 0 Å². The molecule has 0 unspecified atom stereocenters. The van der Waals surface area contributed by atoms with E-state index in [0.29, 0.717) is 5.56 Å². The van der Waals surface area contributed by atoms with Crippen LogP contribution in [0.2, 0.25) is 0 Å². The highest BCUT2D eigenvalue weighted by Gasteiger charge is 2.16. The van der Waals surface area contributed by atoms with Crippen LogP contribution in [-0.4, -0.2) is 33.0 Å². The minimum Gasteiger partial charge on any atom is -0.339 e. The van der Waals surface area contributed by atoms with Gasteiger partial charge in [0.2, 0.25) is 0 Å². The number of hydrogen-bond acceptors (Lipinski definition) is 2. The number of amides is 1. The molecule has 0 radical (unpaired) electrons. The Balaban J connectivity index is 2.44. The summed E-state index contributed by atoms with van der Waals surface area (Å²) < 4.78 is 3.18. The van der Waals surface area contributed by atoms with Gasteiger partial charge >= 0.3 is 5.69 Å². The maximum atomic E-state index is 12.6. The third-order valence-corrected chi connectivity index (χ3v) is 3.79. The number of imidazole rings is 1. The lowest BCUT2D eigenvalue weighted by molar-refractivity contribution is 0.0755. The van der Waals surface area contributed by atoms with Crippen LogP contribution in [0.25, 0.3) is 11.0 Å². The van der Waals surface area contributed by atoms with Crippen molar-refractivity contribution in [2.75, 3.05) is 13.1 Å². The predicted octanol–water partition coefficient (Wildman–Crippen LogP) is 2.14. The van der Waals surface area contributed by atoms with Gasteiger partial charge < -0.3 is 4.90 Å². The largest absolute Gasteiger partial charge is 0.339 e. The molecule has 2 aromatic rings. The average Bonchev–Trinajstić information content (AvgIpc) is 2.71. The fourth-order valence-corrected chi connectivity index (χ4v) is 2.68. The summed E-state index contributed by atoms with van der Waals surface area (Å²) >= 11 is 0. The zero-order valence-corrected chi connectivity index (χ0v) is 13.2. The first kappa shape index (κ1) is 15.4. The van der Waals surface area contributed by atoms with E-state index in [1.54, 1.807) is 23.2 Å². The molecule has 0 aliphatic heterocycles. The topological polar surface area (TPSA) is 47.2 Å². The van der Waals surface area contributed by atoms with Gasteiger partial charge in [-0.2, -0.15) is 0 Å². The SMILES string of the molecule is CCCN(CCC)C(=O)c1ccc2c(c1)n(C)c(=O)n2C. The summed E-state index contributed by atoms with van der Waals surface area (Å²) in [4.78, 5) is 26.4. The average molecular weight is 289 g/mol. The second-order valence-electron chi connectivity index (χ2n) is 5.40. The van der Waals surface area contributed by atoms with E-state index in [4.69, 9.17) is 0 Å². The monoisotopic (exact) mass is 289 g/mol. The first-order chi connectivity index (χ1) is 10.0. The lowest BCUT2D eigenvalue weighted by Crippen LogP contribution is -2.32. The molecule has 21 heavy (non-hydrogen) atoms. The molecule has 5 nitrogen and oxygen atoms in total. The summed E-state index contributed by atoms with van der Waals surface area (Å²) in [6.07, 6.45) is 1.88. The molecule has 2 rings (SSSR count). The molecule has 0 aliphatic rings. The highest BCUT2D eigenvalue weighted by molar-refractivity contribution is 5.97. The molecule has 1 aromatic heterocycles. The molecule has 0 spiro atoms. The van der Waals surface area contributed by atoms with Crippen LogP contribution in [0.3, 0.4) is 0 Å². The van der Waals surface area contributed by atoms with Crippen molar-refractivity contribution in [1.29, 1.82) is 0 Å². The van der Waals surface area contributed by atoms with Crippen LogP contribution in [0.1, 0.15) is 37.0 Å². The maximum absolute atomic E-state index is 12.6. The third-order valence-electron chi connectivity index (χ3n) is 3.79. The summed E-state index contributed by atoms with van der Waals surface area (Å²) in [6, 6.07) is 5.47. The lowest BCUT2D eigenvalue weighted by Gasteiger charge is -2.21. The number of rotatable bonds is 5. The molecule has 1 amide bonds. The van der Waals surface area contributed by atoms with Crippen LogP contribution in [0, 0.1) is 0 Å². The summed E-state index contributed by atoms with van der Waals surface area (Å²) in [7, 11) is 3.47. The van der Waals surface area contributed by atoms with Crippen LogP contribution >= 0.6 is 0 Å². The number of aryl methyl sites for hydroxylation is 2. The molecular weight excluding hydrogens is 266 g/mol. The fraction of sp³-hybridized carbons (Fsp3) is 0.500.